The summed E-state index contributed by atoms with van der Waals surface area (Å²) in [7, 11) is 0. The predicted molar refractivity (Wildman–Crippen MR) is 252 cm³/mol. The molecule has 2 bridgehead atoms. The minimum atomic E-state index is -0.607. The van der Waals surface area contributed by atoms with Crippen LogP contribution in [-0.4, -0.2) is 143 Å². The van der Waals surface area contributed by atoms with Crippen LogP contribution in [-0.2, 0) is 22.6 Å². The molecule has 8 heterocycles. The monoisotopic (exact) mass is 908 g/mol. The molecule has 67 heavy (non-hydrogen) atoms. The van der Waals surface area contributed by atoms with Crippen molar-refractivity contribution in [3.8, 4) is 23.0 Å². The van der Waals surface area contributed by atoms with Gasteiger partial charge in [0.2, 0.25) is 11.8 Å². The molecule has 3 aromatic carbocycles. The molecule has 348 valence electrons. The van der Waals surface area contributed by atoms with Gasteiger partial charge in [-0.3, -0.25) is 24.7 Å². The van der Waals surface area contributed by atoms with Gasteiger partial charge in [-0.25, -0.2) is 4.39 Å². The molecule has 0 spiro atoms. The molecular formula is C51H57FN10O5. The highest BCUT2D eigenvalue weighted by atomic mass is 19.1. The second kappa shape index (κ2) is 16.7. The number of rotatable bonds is 12. The maximum Gasteiger partial charge on any atom is 0.319 e. The third-order valence-electron chi connectivity index (χ3n) is 15.7. The van der Waals surface area contributed by atoms with Crippen LogP contribution in [0.25, 0.3) is 32.9 Å². The van der Waals surface area contributed by atoms with Crippen LogP contribution in [0.1, 0.15) is 66.9 Å². The lowest BCUT2D eigenvalue weighted by Gasteiger charge is -2.45. The number of fused-ring (bicyclic) bond motifs is 5. The average Bonchev–Trinajstić information content (AvgIpc) is 3.89. The van der Waals surface area contributed by atoms with E-state index < -0.39 is 11.9 Å². The highest BCUT2D eigenvalue weighted by Crippen LogP contribution is 2.47. The molecule has 6 aliphatic heterocycles. The van der Waals surface area contributed by atoms with Gasteiger partial charge in [-0.15, -0.1) is 0 Å². The summed E-state index contributed by atoms with van der Waals surface area (Å²) in [5, 5.41) is 19.1. The van der Waals surface area contributed by atoms with Crippen molar-refractivity contribution in [3.63, 3.8) is 0 Å². The molecule has 3 unspecified atom stereocenters. The van der Waals surface area contributed by atoms with E-state index in [1.165, 1.54) is 0 Å². The van der Waals surface area contributed by atoms with Crippen molar-refractivity contribution in [2.45, 2.75) is 76.5 Å². The molecule has 2 aromatic heterocycles. The number of pyridine rings is 1. The number of amides is 3. The maximum absolute atomic E-state index is 17.1. The van der Waals surface area contributed by atoms with Crippen LogP contribution in [0.3, 0.4) is 0 Å². The summed E-state index contributed by atoms with van der Waals surface area (Å²) >= 11 is 0. The van der Waals surface area contributed by atoms with Gasteiger partial charge in [0.15, 0.2) is 5.82 Å². The number of hydrogen-bond acceptors (Lipinski definition) is 13. The number of ether oxygens (including phenoxy) is 1. The summed E-state index contributed by atoms with van der Waals surface area (Å²) in [6.45, 7) is 12.4. The zero-order valence-electron chi connectivity index (χ0n) is 38.0. The zero-order chi connectivity index (χ0) is 45.6. The number of aryl methyl sites for hydroxylation is 1. The number of carbonyl (C=O) groups excluding carboxylic acids is 3. The highest BCUT2D eigenvalue weighted by Gasteiger charge is 2.46. The molecule has 0 radical (unpaired) electrons. The summed E-state index contributed by atoms with van der Waals surface area (Å²) in [6.07, 6.45) is 7.38. The Morgan fingerprint density at radius 1 is 0.896 bits per heavy atom. The van der Waals surface area contributed by atoms with Crippen molar-refractivity contribution < 1.29 is 28.6 Å². The zero-order valence-corrected chi connectivity index (χ0v) is 38.0. The standard InChI is InChI=1S/C51H57FN10O5/c1-2-31-4-3-5-32-19-37(63)20-39(43(31)32)45-44(52)46-40(21-53-45)47(61-26-34-6-7-35(27-61)54-34)57-50(56-46)67-29-51(12-13-51)28-59-16-14-58(15-17-59)22-30-23-60(24-30)36-8-9-38-33(18-36)25-62(49(38)66)41-10-11-42(64)55-48(41)65/h3-5,8-9,18-21,30,34-35,41,54,63H,2,6-7,10-17,22-29H2,1H3,(H,55,64,65). The molecule has 1 aliphatic carbocycles. The Labute approximate surface area is 388 Å². The fourth-order valence-electron chi connectivity index (χ4n) is 11.8. The molecule has 1 saturated carbocycles. The number of carbonyl (C=O) groups is 3. The van der Waals surface area contributed by atoms with Crippen molar-refractivity contribution in [1.82, 2.24) is 40.3 Å². The minimum Gasteiger partial charge on any atom is -0.508 e. The number of phenolic OH excluding ortho intramolecular Hbond substituents is 1. The molecule has 5 aromatic rings. The fraction of sp³-hybridized carbons (Fsp3) is 0.490. The smallest absolute Gasteiger partial charge is 0.319 e. The first kappa shape index (κ1) is 42.4. The third kappa shape index (κ3) is 7.89. The number of aromatic nitrogens is 3. The Morgan fingerprint density at radius 3 is 2.45 bits per heavy atom. The second-order valence-electron chi connectivity index (χ2n) is 20.3. The van der Waals surface area contributed by atoms with Gasteiger partial charge in [-0.2, -0.15) is 9.97 Å². The predicted octanol–water partition coefficient (Wildman–Crippen LogP) is 4.87. The van der Waals surface area contributed by atoms with Crippen LogP contribution < -0.4 is 25.2 Å². The van der Waals surface area contributed by atoms with E-state index >= 15 is 4.39 Å². The van der Waals surface area contributed by atoms with Crippen LogP contribution in [0, 0.1) is 17.2 Å². The number of imide groups is 1. The molecule has 7 aliphatic rings. The van der Waals surface area contributed by atoms with E-state index in [2.05, 4.69) is 43.2 Å². The van der Waals surface area contributed by atoms with Gasteiger partial charge in [0.05, 0.1) is 12.0 Å². The van der Waals surface area contributed by atoms with Gasteiger partial charge in [0.1, 0.15) is 28.8 Å². The summed E-state index contributed by atoms with van der Waals surface area (Å²) in [5.74, 6) is -0.0757. The topological polar surface area (TPSA) is 160 Å². The van der Waals surface area contributed by atoms with Gasteiger partial charge in [-0.1, -0.05) is 25.1 Å². The summed E-state index contributed by atoms with van der Waals surface area (Å²) < 4.78 is 23.7. The number of halogens is 1. The maximum atomic E-state index is 17.1. The Kier molecular flexibility index (Phi) is 10.5. The normalized spacial score (nSPS) is 24.1. The molecule has 5 saturated heterocycles. The first-order chi connectivity index (χ1) is 32.6. The lowest BCUT2D eigenvalue weighted by molar-refractivity contribution is -0.136. The number of piperazine rings is 2. The van der Waals surface area contributed by atoms with E-state index in [0.29, 0.717) is 59.9 Å². The Balaban J connectivity index is 0.688. The van der Waals surface area contributed by atoms with Gasteiger partial charge in [0.25, 0.3) is 5.91 Å². The van der Waals surface area contributed by atoms with Gasteiger partial charge in [-0.05, 0) is 90.8 Å². The molecule has 3 amide bonds. The molecule has 3 N–H and O–H groups in total. The van der Waals surface area contributed by atoms with E-state index in [1.54, 1.807) is 23.2 Å². The van der Waals surface area contributed by atoms with E-state index in [4.69, 9.17) is 19.7 Å². The van der Waals surface area contributed by atoms with Gasteiger partial charge in [0, 0.05) is 125 Å². The summed E-state index contributed by atoms with van der Waals surface area (Å²) in [5.41, 5.74) is 4.61. The van der Waals surface area contributed by atoms with E-state index in [0.717, 1.165) is 125 Å². The Morgan fingerprint density at radius 2 is 1.69 bits per heavy atom. The first-order valence-corrected chi connectivity index (χ1v) is 24.3. The quantitative estimate of drug-likeness (QED) is 0.146. The fourth-order valence-corrected chi connectivity index (χ4v) is 11.8. The van der Waals surface area contributed by atoms with Crippen LogP contribution >= 0.6 is 0 Å². The highest BCUT2D eigenvalue weighted by molar-refractivity contribution is 6.06. The van der Waals surface area contributed by atoms with Crippen molar-refractivity contribution in [1.29, 1.82) is 0 Å². The SMILES string of the molecule is CCc1cccc2cc(O)cc(-c3ncc4c(N5CC6CCC(C5)N6)nc(OCC5(CN6CCN(CC7CN(c8ccc9c(c8)CN(C8CCC(=O)NC8=O)C9=O)C7)CC6)CC5)nc4c3F)c12. The molecule has 15 nitrogen and oxygen atoms in total. The van der Waals surface area contributed by atoms with Crippen LogP contribution in [0.4, 0.5) is 15.9 Å². The first-order valence-electron chi connectivity index (χ1n) is 24.3. The number of benzene rings is 3. The lowest BCUT2D eigenvalue weighted by atomic mass is 9.95. The van der Waals surface area contributed by atoms with Crippen molar-refractivity contribution in [3.05, 3.63) is 77.2 Å². The third-order valence-corrected chi connectivity index (χ3v) is 15.7. The summed E-state index contributed by atoms with van der Waals surface area (Å²) in [4.78, 5) is 63.3. The molecule has 3 atom stereocenters. The minimum absolute atomic E-state index is 0.00162. The van der Waals surface area contributed by atoms with E-state index in [1.807, 2.05) is 30.3 Å². The van der Waals surface area contributed by atoms with Crippen LogP contribution in [0.5, 0.6) is 11.8 Å². The number of phenols is 1. The van der Waals surface area contributed by atoms with Gasteiger partial charge < -0.3 is 39.7 Å². The van der Waals surface area contributed by atoms with E-state index in [-0.39, 0.29) is 52.5 Å². The van der Waals surface area contributed by atoms with Crippen LogP contribution in [0.2, 0.25) is 0 Å². The average molecular weight is 909 g/mol. The lowest BCUT2D eigenvalue weighted by Crippen LogP contribution is -2.55. The largest absolute Gasteiger partial charge is 0.508 e. The number of anilines is 2. The molecule has 16 heteroatoms. The van der Waals surface area contributed by atoms with Crippen molar-refractivity contribution >= 4 is 50.9 Å². The van der Waals surface area contributed by atoms with Crippen molar-refractivity contribution in [2.24, 2.45) is 11.3 Å². The molecule has 6 fully saturated rings. The number of aromatic hydroxyl groups is 1. The van der Waals surface area contributed by atoms with E-state index in [9.17, 15) is 19.5 Å². The summed E-state index contributed by atoms with van der Waals surface area (Å²) in [6, 6.07) is 15.5. The van der Waals surface area contributed by atoms with Crippen LogP contribution in [0.15, 0.2) is 54.7 Å². The molecule has 12 rings (SSSR count). The second-order valence-corrected chi connectivity index (χ2v) is 20.3. The Bertz CT molecular complexity index is 2810. The number of piperidine rings is 1. The molecular weight excluding hydrogens is 852 g/mol. The number of nitrogens with one attached hydrogen (secondary N) is 2. The Hall–Kier alpha value is -5.97. The number of nitrogens with zero attached hydrogens (tertiary/aromatic N) is 8. The van der Waals surface area contributed by atoms with Crippen molar-refractivity contribution in [2.75, 3.05) is 81.9 Å². The van der Waals surface area contributed by atoms with Gasteiger partial charge >= 0.3 is 6.01 Å². The number of hydrogen-bond donors (Lipinski definition) is 3.